The Morgan fingerprint density at radius 1 is 1.15 bits per heavy atom. The van der Waals surface area contributed by atoms with E-state index in [0.717, 1.165) is 11.0 Å². The van der Waals surface area contributed by atoms with E-state index < -0.39 is 0 Å². The largest absolute Gasteiger partial charge is 0.378 e. The summed E-state index contributed by atoms with van der Waals surface area (Å²) in [7, 11) is 1.55. The van der Waals surface area contributed by atoms with Crippen LogP contribution < -0.4 is 5.32 Å². The van der Waals surface area contributed by atoms with E-state index in [2.05, 4.69) is 50.5 Å². The van der Waals surface area contributed by atoms with E-state index in [-0.39, 0.29) is 18.0 Å². The Bertz CT molecular complexity index is 1480. The Kier molecular flexibility index (Phi) is 5.62. The van der Waals surface area contributed by atoms with E-state index in [4.69, 9.17) is 4.74 Å². The molecule has 0 saturated heterocycles. The summed E-state index contributed by atoms with van der Waals surface area (Å²) in [6.07, 6.45) is 7.60. The van der Waals surface area contributed by atoms with E-state index >= 15 is 0 Å². The monoisotopic (exact) mass is 452 g/mol. The summed E-state index contributed by atoms with van der Waals surface area (Å²) >= 11 is 0. The van der Waals surface area contributed by atoms with Crippen LogP contribution in [0.1, 0.15) is 11.3 Å². The lowest BCUT2D eigenvalue weighted by atomic mass is 10.3. The van der Waals surface area contributed by atoms with Gasteiger partial charge in [0.05, 0.1) is 41.9 Å². The Morgan fingerprint density at radius 3 is 2.85 bits per heavy atom. The molecule has 0 fully saturated rings. The van der Waals surface area contributed by atoms with Gasteiger partial charge in [0.15, 0.2) is 5.82 Å². The standard InChI is InChI=1S/C21H16N12O/c1-34-12-17-16(9-25-20(28-17)29-21-26-14-4-2-3-5-15(14)27-21)30-31-19-13(8-22)11-33(32-19)18-10-23-6-7-24-18/h2-7,9-11H,12H2,1H3,(H2,25,26,27,28,29). The number of aromatic amines is 1. The third-order valence-corrected chi connectivity index (χ3v) is 4.60. The number of azo groups is 1. The highest BCUT2D eigenvalue weighted by Gasteiger charge is 2.13. The summed E-state index contributed by atoms with van der Waals surface area (Å²) in [5.41, 5.74) is 2.80. The third-order valence-electron chi connectivity index (χ3n) is 4.60. The van der Waals surface area contributed by atoms with Crippen LogP contribution in [0.2, 0.25) is 0 Å². The molecule has 0 bridgehead atoms. The van der Waals surface area contributed by atoms with Crippen molar-refractivity contribution in [1.29, 1.82) is 5.26 Å². The number of ether oxygens (including phenoxy) is 1. The van der Waals surface area contributed by atoms with Crippen LogP contribution in [0.3, 0.4) is 0 Å². The van der Waals surface area contributed by atoms with Crippen LogP contribution in [0, 0.1) is 11.3 Å². The molecule has 4 heterocycles. The van der Waals surface area contributed by atoms with Crippen LogP contribution in [-0.2, 0) is 11.3 Å². The van der Waals surface area contributed by atoms with Crippen molar-refractivity contribution >= 4 is 34.4 Å². The molecule has 5 aromatic rings. The molecule has 0 amide bonds. The molecule has 0 spiro atoms. The Balaban J connectivity index is 1.41. The Hall–Kier alpha value is -5.09. The lowest BCUT2D eigenvalue weighted by molar-refractivity contribution is 0.182. The van der Waals surface area contributed by atoms with Crippen LogP contribution in [0.4, 0.5) is 23.4 Å². The highest BCUT2D eigenvalue weighted by Crippen LogP contribution is 2.25. The maximum Gasteiger partial charge on any atom is 0.229 e. The van der Waals surface area contributed by atoms with Crippen molar-refractivity contribution < 1.29 is 4.74 Å². The van der Waals surface area contributed by atoms with Crippen molar-refractivity contribution in [3.8, 4) is 11.9 Å². The molecule has 0 unspecified atom stereocenters. The number of nitriles is 1. The first kappa shape index (κ1) is 20.8. The zero-order valence-electron chi connectivity index (χ0n) is 17.8. The number of anilines is 2. The number of benzene rings is 1. The third kappa shape index (κ3) is 4.29. The van der Waals surface area contributed by atoms with Crippen LogP contribution in [0.25, 0.3) is 16.9 Å². The van der Waals surface area contributed by atoms with Gasteiger partial charge in [-0.25, -0.2) is 24.6 Å². The lowest BCUT2D eigenvalue weighted by Crippen LogP contribution is -2.02. The molecule has 0 saturated carbocycles. The zero-order valence-corrected chi connectivity index (χ0v) is 17.8. The van der Waals surface area contributed by atoms with Gasteiger partial charge in [0.25, 0.3) is 0 Å². The lowest BCUT2D eigenvalue weighted by Gasteiger charge is -2.06. The molecule has 1 aromatic carbocycles. The summed E-state index contributed by atoms with van der Waals surface area (Å²) in [5.74, 6) is 1.40. The first-order chi connectivity index (χ1) is 16.7. The molecular formula is C21H16N12O. The Labute approximate surface area is 192 Å². The SMILES string of the molecule is COCc1nc(Nc2nc3ccccc3[nH]2)ncc1N=Nc1nn(-c2cnccn2)cc1C#N. The fraction of sp³-hybridized carbons (Fsp3) is 0.0952. The quantitative estimate of drug-likeness (QED) is 0.351. The predicted molar refractivity (Wildman–Crippen MR) is 120 cm³/mol. The molecule has 0 aliphatic heterocycles. The smallest absolute Gasteiger partial charge is 0.229 e. The molecule has 4 aromatic heterocycles. The van der Waals surface area contributed by atoms with Crippen molar-refractivity contribution in [2.24, 2.45) is 10.2 Å². The number of aromatic nitrogens is 8. The van der Waals surface area contributed by atoms with E-state index in [0.29, 0.717) is 29.1 Å². The first-order valence-corrected chi connectivity index (χ1v) is 9.98. The van der Waals surface area contributed by atoms with E-state index in [1.807, 2.05) is 30.3 Å². The molecule has 2 N–H and O–H groups in total. The van der Waals surface area contributed by atoms with Gasteiger partial charge in [-0.15, -0.1) is 15.3 Å². The number of para-hydroxylation sites is 2. The molecule has 34 heavy (non-hydrogen) atoms. The molecule has 0 atom stereocenters. The first-order valence-electron chi connectivity index (χ1n) is 9.98. The number of H-pyrrole nitrogens is 1. The second-order valence-electron chi connectivity index (χ2n) is 6.87. The Morgan fingerprint density at radius 2 is 2.06 bits per heavy atom. The summed E-state index contributed by atoms with van der Waals surface area (Å²) in [4.78, 5) is 24.5. The molecular weight excluding hydrogens is 436 g/mol. The van der Waals surface area contributed by atoms with E-state index in [1.165, 1.54) is 29.5 Å². The fourth-order valence-corrected chi connectivity index (χ4v) is 3.06. The van der Waals surface area contributed by atoms with Crippen LogP contribution in [0.5, 0.6) is 0 Å². The molecule has 13 heteroatoms. The minimum atomic E-state index is 0.126. The molecule has 166 valence electrons. The van der Waals surface area contributed by atoms with E-state index in [1.54, 1.807) is 13.3 Å². The van der Waals surface area contributed by atoms with Crippen LogP contribution in [-0.4, -0.2) is 46.8 Å². The van der Waals surface area contributed by atoms with Gasteiger partial charge >= 0.3 is 0 Å². The maximum atomic E-state index is 9.44. The molecule has 0 radical (unpaired) electrons. The summed E-state index contributed by atoms with van der Waals surface area (Å²) in [6.45, 7) is 0.171. The number of methoxy groups -OCH3 is 1. The average molecular weight is 452 g/mol. The number of hydrogen-bond donors (Lipinski definition) is 2. The zero-order chi connectivity index (χ0) is 23.3. The molecule has 0 aliphatic carbocycles. The van der Waals surface area contributed by atoms with Gasteiger partial charge in [-0.1, -0.05) is 12.1 Å². The summed E-state index contributed by atoms with van der Waals surface area (Å²) in [6, 6.07) is 9.71. The predicted octanol–water partition coefficient (Wildman–Crippen LogP) is 3.51. The van der Waals surface area contributed by atoms with E-state index in [9.17, 15) is 5.26 Å². The van der Waals surface area contributed by atoms with Crippen molar-refractivity contribution in [2.45, 2.75) is 6.61 Å². The van der Waals surface area contributed by atoms with Gasteiger partial charge in [-0.3, -0.25) is 10.3 Å². The molecule has 5 rings (SSSR count). The minimum Gasteiger partial charge on any atom is -0.378 e. The van der Waals surface area contributed by atoms with Gasteiger partial charge in [-0.05, 0) is 12.1 Å². The second kappa shape index (κ2) is 9.18. The second-order valence-corrected chi connectivity index (χ2v) is 6.87. The number of nitrogens with zero attached hydrogens (tertiary/aromatic N) is 10. The van der Waals surface area contributed by atoms with Crippen molar-refractivity contribution in [3.05, 3.63) is 66.5 Å². The van der Waals surface area contributed by atoms with Crippen molar-refractivity contribution in [2.75, 3.05) is 12.4 Å². The summed E-state index contributed by atoms with van der Waals surface area (Å²) in [5, 5.41) is 25.1. The van der Waals surface area contributed by atoms with Crippen molar-refractivity contribution in [1.82, 2.24) is 39.7 Å². The number of fused-ring (bicyclic) bond motifs is 1. The number of hydrogen-bond acceptors (Lipinski definition) is 11. The molecule has 0 aliphatic rings. The summed E-state index contributed by atoms with van der Waals surface area (Å²) < 4.78 is 6.66. The fourth-order valence-electron chi connectivity index (χ4n) is 3.06. The van der Waals surface area contributed by atoms with Crippen LogP contribution >= 0.6 is 0 Å². The average Bonchev–Trinajstić information content (AvgIpc) is 3.47. The van der Waals surface area contributed by atoms with Crippen molar-refractivity contribution in [3.63, 3.8) is 0 Å². The highest BCUT2D eigenvalue weighted by molar-refractivity contribution is 5.77. The normalized spacial score (nSPS) is 11.2. The van der Waals surface area contributed by atoms with Gasteiger partial charge < -0.3 is 9.72 Å². The van der Waals surface area contributed by atoms with Gasteiger partial charge in [0.2, 0.25) is 17.7 Å². The number of imidazole rings is 1. The maximum absolute atomic E-state index is 9.44. The highest BCUT2D eigenvalue weighted by atomic mass is 16.5. The minimum absolute atomic E-state index is 0.126. The van der Waals surface area contributed by atoms with Gasteiger partial charge in [0, 0.05) is 19.5 Å². The van der Waals surface area contributed by atoms with Gasteiger partial charge in [0.1, 0.15) is 17.3 Å². The van der Waals surface area contributed by atoms with Gasteiger partial charge in [-0.2, -0.15) is 5.26 Å². The number of nitrogens with one attached hydrogen (secondary N) is 2. The van der Waals surface area contributed by atoms with Crippen LogP contribution in [0.15, 0.2) is 65.5 Å². The number of rotatable bonds is 7. The topological polar surface area (TPSA) is 168 Å². The molecule has 13 nitrogen and oxygen atoms in total.